The average Bonchev–Trinajstić information content (AvgIpc) is 2.51. The second kappa shape index (κ2) is 7.04. The topological polar surface area (TPSA) is 104 Å². The standard InChI is InChI=1S/C16H18N2O5/c1-10(19)17-9-14(20)13(8-15(21)22)18-7-6-11-4-2-3-5-12(11)16(18)23/h2-5,13H,6-9H2,1H3,(H,17,19)(H,21,22). The van der Waals surface area contributed by atoms with Crippen molar-refractivity contribution < 1.29 is 24.3 Å². The Balaban J connectivity index is 2.22. The maximum absolute atomic E-state index is 12.6. The number of carboxylic acids is 1. The molecule has 0 radical (unpaired) electrons. The van der Waals surface area contributed by atoms with Gasteiger partial charge in [0.1, 0.15) is 6.04 Å². The Kier molecular flexibility index (Phi) is 5.10. The summed E-state index contributed by atoms with van der Waals surface area (Å²) >= 11 is 0. The van der Waals surface area contributed by atoms with Gasteiger partial charge < -0.3 is 15.3 Å². The van der Waals surface area contributed by atoms with Crippen molar-refractivity contribution in [2.24, 2.45) is 0 Å². The molecule has 1 aliphatic rings. The van der Waals surface area contributed by atoms with E-state index in [1.165, 1.54) is 11.8 Å². The highest BCUT2D eigenvalue weighted by molar-refractivity contribution is 6.01. The summed E-state index contributed by atoms with van der Waals surface area (Å²) in [5.41, 5.74) is 1.37. The Bertz CT molecular complexity index is 656. The number of hydrogen-bond acceptors (Lipinski definition) is 4. The molecule has 1 aliphatic heterocycles. The third kappa shape index (κ3) is 3.94. The highest BCUT2D eigenvalue weighted by Gasteiger charge is 2.35. The molecule has 0 bridgehead atoms. The number of nitrogens with zero attached hydrogens (tertiary/aromatic N) is 1. The number of nitrogens with one attached hydrogen (secondary N) is 1. The van der Waals surface area contributed by atoms with Crippen LogP contribution in [-0.2, 0) is 20.8 Å². The van der Waals surface area contributed by atoms with E-state index in [0.717, 1.165) is 5.56 Å². The van der Waals surface area contributed by atoms with Crippen molar-refractivity contribution in [1.29, 1.82) is 0 Å². The smallest absolute Gasteiger partial charge is 0.305 e. The van der Waals surface area contributed by atoms with Crippen LogP contribution in [0.1, 0.15) is 29.3 Å². The van der Waals surface area contributed by atoms with Crippen LogP contribution in [0.5, 0.6) is 0 Å². The Hall–Kier alpha value is -2.70. The Labute approximate surface area is 133 Å². The zero-order valence-corrected chi connectivity index (χ0v) is 12.7. The molecule has 7 nitrogen and oxygen atoms in total. The largest absolute Gasteiger partial charge is 0.481 e. The molecule has 0 aromatic heterocycles. The average molecular weight is 318 g/mol. The molecule has 23 heavy (non-hydrogen) atoms. The van der Waals surface area contributed by atoms with Crippen LogP contribution in [0.2, 0.25) is 0 Å². The third-order valence-corrected chi connectivity index (χ3v) is 3.76. The molecule has 1 aromatic carbocycles. The van der Waals surface area contributed by atoms with E-state index in [-0.39, 0.29) is 24.9 Å². The third-order valence-electron chi connectivity index (χ3n) is 3.76. The zero-order chi connectivity index (χ0) is 17.0. The first-order valence-corrected chi connectivity index (χ1v) is 7.28. The second-order valence-electron chi connectivity index (χ2n) is 5.40. The molecule has 0 saturated carbocycles. The van der Waals surface area contributed by atoms with E-state index in [4.69, 9.17) is 5.11 Å². The van der Waals surface area contributed by atoms with Crippen LogP contribution in [0.25, 0.3) is 0 Å². The fourth-order valence-electron chi connectivity index (χ4n) is 2.63. The summed E-state index contributed by atoms with van der Waals surface area (Å²) in [6, 6.07) is 5.99. The number of benzene rings is 1. The Morgan fingerprint density at radius 1 is 1.30 bits per heavy atom. The van der Waals surface area contributed by atoms with Crippen LogP contribution in [0.15, 0.2) is 24.3 Å². The van der Waals surface area contributed by atoms with Gasteiger partial charge in [-0.05, 0) is 18.1 Å². The lowest BCUT2D eigenvalue weighted by Gasteiger charge is -2.34. The molecular formula is C16H18N2O5. The highest BCUT2D eigenvalue weighted by atomic mass is 16.4. The van der Waals surface area contributed by atoms with E-state index >= 15 is 0 Å². The number of ketones is 1. The van der Waals surface area contributed by atoms with Crippen LogP contribution in [0, 0.1) is 0 Å². The minimum absolute atomic E-state index is 0.277. The molecule has 1 unspecified atom stereocenters. The van der Waals surface area contributed by atoms with Gasteiger partial charge in [0.25, 0.3) is 5.91 Å². The van der Waals surface area contributed by atoms with E-state index in [1.54, 1.807) is 12.1 Å². The lowest BCUT2D eigenvalue weighted by atomic mass is 9.96. The predicted octanol–water partition coefficient (Wildman–Crippen LogP) is 0.233. The Morgan fingerprint density at radius 3 is 2.65 bits per heavy atom. The van der Waals surface area contributed by atoms with Crippen molar-refractivity contribution in [1.82, 2.24) is 10.2 Å². The summed E-state index contributed by atoms with van der Waals surface area (Å²) in [7, 11) is 0. The van der Waals surface area contributed by atoms with Crippen LogP contribution < -0.4 is 5.32 Å². The van der Waals surface area contributed by atoms with Crippen LogP contribution in [0.3, 0.4) is 0 Å². The number of carbonyl (C=O) groups is 4. The predicted molar refractivity (Wildman–Crippen MR) is 80.9 cm³/mol. The number of carboxylic acid groups (broad SMARTS) is 1. The minimum Gasteiger partial charge on any atom is -0.481 e. The second-order valence-corrected chi connectivity index (χ2v) is 5.40. The maximum Gasteiger partial charge on any atom is 0.305 e. The molecule has 0 spiro atoms. The Morgan fingerprint density at radius 2 is 2.00 bits per heavy atom. The van der Waals surface area contributed by atoms with E-state index < -0.39 is 24.2 Å². The molecule has 2 rings (SSSR count). The number of rotatable bonds is 6. The molecule has 2 N–H and O–H groups in total. The number of amides is 2. The van der Waals surface area contributed by atoms with Gasteiger partial charge in [-0.1, -0.05) is 18.2 Å². The summed E-state index contributed by atoms with van der Waals surface area (Å²) in [6.45, 7) is 1.25. The molecule has 2 amide bonds. The molecule has 1 heterocycles. The van der Waals surface area contributed by atoms with Gasteiger partial charge in [-0.3, -0.25) is 19.2 Å². The first kappa shape index (κ1) is 16.7. The SMILES string of the molecule is CC(=O)NCC(=O)C(CC(=O)O)N1CCc2ccccc2C1=O. The lowest BCUT2D eigenvalue weighted by molar-refractivity contribution is -0.140. The maximum atomic E-state index is 12.6. The summed E-state index contributed by atoms with van der Waals surface area (Å²) in [6.07, 6.45) is 0.0811. The zero-order valence-electron chi connectivity index (χ0n) is 12.7. The van der Waals surface area contributed by atoms with Crippen molar-refractivity contribution in [3.8, 4) is 0 Å². The van der Waals surface area contributed by atoms with Crippen molar-refractivity contribution in [3.05, 3.63) is 35.4 Å². The molecular weight excluding hydrogens is 300 g/mol. The molecule has 1 atom stereocenters. The number of aliphatic carboxylic acids is 1. The molecule has 122 valence electrons. The normalized spacial score (nSPS) is 14.8. The van der Waals surface area contributed by atoms with Crippen molar-refractivity contribution in [2.45, 2.75) is 25.8 Å². The molecule has 1 aromatic rings. The van der Waals surface area contributed by atoms with Crippen molar-refractivity contribution in [3.63, 3.8) is 0 Å². The van der Waals surface area contributed by atoms with Gasteiger partial charge in [0.05, 0.1) is 13.0 Å². The summed E-state index contributed by atoms with van der Waals surface area (Å²) in [5.74, 6) is -2.40. The van der Waals surface area contributed by atoms with Gasteiger partial charge in [0.15, 0.2) is 5.78 Å². The monoisotopic (exact) mass is 318 g/mol. The highest BCUT2D eigenvalue weighted by Crippen LogP contribution is 2.22. The number of Topliss-reactive ketones (excluding diaryl/α,β-unsaturated/α-hetero) is 1. The number of carbonyl (C=O) groups excluding carboxylic acids is 3. The summed E-state index contributed by atoms with van der Waals surface area (Å²) in [4.78, 5) is 48.1. The van der Waals surface area contributed by atoms with Gasteiger partial charge in [-0.25, -0.2) is 0 Å². The van der Waals surface area contributed by atoms with E-state index in [2.05, 4.69) is 5.32 Å². The van der Waals surface area contributed by atoms with Gasteiger partial charge in [-0.2, -0.15) is 0 Å². The van der Waals surface area contributed by atoms with Crippen LogP contribution >= 0.6 is 0 Å². The van der Waals surface area contributed by atoms with E-state index in [1.807, 2.05) is 12.1 Å². The fourth-order valence-corrected chi connectivity index (χ4v) is 2.63. The first-order chi connectivity index (χ1) is 10.9. The number of hydrogen-bond donors (Lipinski definition) is 2. The molecule has 0 saturated heterocycles. The molecule has 0 aliphatic carbocycles. The minimum atomic E-state index is -1.17. The molecule has 7 heteroatoms. The molecule has 0 fully saturated rings. The van der Waals surface area contributed by atoms with Gasteiger partial charge in [0, 0.05) is 19.0 Å². The van der Waals surface area contributed by atoms with Gasteiger partial charge in [0.2, 0.25) is 5.91 Å². The first-order valence-electron chi connectivity index (χ1n) is 7.28. The lowest BCUT2D eigenvalue weighted by Crippen LogP contribution is -2.51. The fraction of sp³-hybridized carbons (Fsp3) is 0.375. The van der Waals surface area contributed by atoms with Gasteiger partial charge >= 0.3 is 5.97 Å². The van der Waals surface area contributed by atoms with Gasteiger partial charge in [-0.15, -0.1) is 0 Å². The van der Waals surface area contributed by atoms with E-state index in [0.29, 0.717) is 12.0 Å². The summed E-state index contributed by atoms with van der Waals surface area (Å²) < 4.78 is 0. The van der Waals surface area contributed by atoms with Crippen LogP contribution in [0.4, 0.5) is 0 Å². The quantitative estimate of drug-likeness (QED) is 0.781. The number of fused-ring (bicyclic) bond motifs is 1. The van der Waals surface area contributed by atoms with Crippen molar-refractivity contribution in [2.75, 3.05) is 13.1 Å². The summed E-state index contributed by atoms with van der Waals surface area (Å²) in [5, 5.41) is 11.4. The van der Waals surface area contributed by atoms with Crippen LogP contribution in [-0.4, -0.2) is 52.7 Å². The van der Waals surface area contributed by atoms with Crippen molar-refractivity contribution >= 4 is 23.6 Å². The van der Waals surface area contributed by atoms with E-state index in [9.17, 15) is 19.2 Å².